The summed E-state index contributed by atoms with van der Waals surface area (Å²) in [6, 6.07) is 5.52. The van der Waals surface area contributed by atoms with E-state index in [0.29, 0.717) is 40.4 Å². The molecule has 0 fully saturated rings. The second-order valence-corrected chi connectivity index (χ2v) is 10.7. The normalized spacial score (nSPS) is 14.9. The number of carbonyl (C=O) groups excluding carboxylic acids is 1. The van der Waals surface area contributed by atoms with Crippen LogP contribution in [0.4, 0.5) is 8.78 Å². The molecule has 1 amide bonds. The summed E-state index contributed by atoms with van der Waals surface area (Å²) in [5, 5.41) is 21.2. The van der Waals surface area contributed by atoms with Crippen LogP contribution >= 0.6 is 11.3 Å². The minimum Gasteiger partial charge on any atom is -0.490 e. The molecule has 1 aliphatic rings. The first-order valence-electron chi connectivity index (χ1n) is 12.9. The number of hydrogen-bond donors (Lipinski definition) is 1. The number of pyridine rings is 1. The summed E-state index contributed by atoms with van der Waals surface area (Å²) < 4.78 is 40.0. The molecule has 6 rings (SSSR count). The maximum Gasteiger partial charge on any atom is 0.246 e. The Morgan fingerprint density at radius 1 is 1.27 bits per heavy atom. The molecule has 0 radical (unpaired) electrons. The molecule has 0 aliphatic carbocycles. The van der Waals surface area contributed by atoms with Crippen LogP contribution in [0, 0.1) is 11.6 Å². The quantitative estimate of drug-likeness (QED) is 0.275. The minimum absolute atomic E-state index is 0.0232. The third-order valence-corrected chi connectivity index (χ3v) is 7.93. The summed E-state index contributed by atoms with van der Waals surface area (Å²) in [6.07, 6.45) is 4.84. The van der Waals surface area contributed by atoms with Crippen LogP contribution in [0.25, 0.3) is 43.9 Å². The summed E-state index contributed by atoms with van der Waals surface area (Å²) in [5.41, 5.74) is 3.44. The molecule has 4 aromatic heterocycles. The van der Waals surface area contributed by atoms with E-state index < -0.39 is 11.6 Å². The van der Waals surface area contributed by atoms with Crippen molar-refractivity contribution in [2.24, 2.45) is 7.05 Å². The van der Waals surface area contributed by atoms with Crippen molar-refractivity contribution in [3.05, 3.63) is 72.0 Å². The Kier molecular flexibility index (Phi) is 6.88. The number of carbonyl (C=O) groups is 1. The molecular formula is C29H26F2N6O3S. The van der Waals surface area contributed by atoms with Gasteiger partial charge in [-0.2, -0.15) is 10.2 Å². The molecule has 0 saturated carbocycles. The van der Waals surface area contributed by atoms with Gasteiger partial charge in [0, 0.05) is 53.1 Å². The van der Waals surface area contributed by atoms with E-state index in [1.807, 2.05) is 42.4 Å². The van der Waals surface area contributed by atoms with Crippen molar-refractivity contribution in [2.75, 3.05) is 19.8 Å². The number of nitrogens with zero attached hydrogens (tertiary/aromatic N) is 6. The number of amides is 1. The number of aliphatic hydroxyl groups is 1. The van der Waals surface area contributed by atoms with E-state index in [1.165, 1.54) is 17.4 Å². The van der Waals surface area contributed by atoms with E-state index in [9.17, 15) is 14.3 Å². The molecule has 0 saturated heterocycles. The fraction of sp³-hybridized carbons (Fsp3) is 0.241. The highest BCUT2D eigenvalue weighted by molar-refractivity contribution is 7.18. The first kappa shape index (κ1) is 26.8. The number of benzene rings is 1. The maximum absolute atomic E-state index is 15.8. The van der Waals surface area contributed by atoms with Gasteiger partial charge < -0.3 is 14.7 Å². The molecular weight excluding hydrogens is 550 g/mol. The molecule has 0 bridgehead atoms. The Labute approximate surface area is 237 Å². The summed E-state index contributed by atoms with van der Waals surface area (Å²) in [4.78, 5) is 19.1. The van der Waals surface area contributed by atoms with Crippen molar-refractivity contribution in [1.29, 1.82) is 0 Å². The second kappa shape index (κ2) is 10.5. The van der Waals surface area contributed by atoms with E-state index in [-0.39, 0.29) is 36.5 Å². The molecule has 9 nitrogen and oxygen atoms in total. The number of hydrogen-bond acceptors (Lipinski definition) is 7. The number of ether oxygens (including phenoxy) is 1. The number of halogens is 2. The zero-order chi connectivity index (χ0) is 28.8. The van der Waals surface area contributed by atoms with Crippen LogP contribution in [-0.4, -0.2) is 60.2 Å². The second-order valence-electron chi connectivity index (χ2n) is 9.82. The Morgan fingerprint density at radius 2 is 2.10 bits per heavy atom. The third-order valence-electron chi connectivity index (χ3n) is 7.00. The van der Waals surface area contributed by atoms with Crippen LogP contribution in [-0.2, 0) is 18.4 Å². The van der Waals surface area contributed by atoms with Gasteiger partial charge in [0.1, 0.15) is 35.4 Å². The average Bonchev–Trinajstić information content (AvgIpc) is 3.70. The number of thiophene rings is 1. The lowest BCUT2D eigenvalue weighted by Crippen LogP contribution is -2.39. The molecule has 1 N–H and O–H groups in total. The number of aromatic nitrogens is 5. The lowest BCUT2D eigenvalue weighted by atomic mass is 9.97. The van der Waals surface area contributed by atoms with Gasteiger partial charge in [0.15, 0.2) is 0 Å². The number of rotatable bonds is 7. The highest BCUT2D eigenvalue weighted by atomic mass is 32.1. The van der Waals surface area contributed by atoms with Gasteiger partial charge in [-0.15, -0.1) is 11.3 Å². The summed E-state index contributed by atoms with van der Waals surface area (Å²) in [7, 11) is 1.81. The smallest absolute Gasteiger partial charge is 0.246 e. The molecule has 1 aromatic carbocycles. The van der Waals surface area contributed by atoms with Crippen molar-refractivity contribution < 1.29 is 23.4 Å². The summed E-state index contributed by atoms with van der Waals surface area (Å²) in [6.45, 7) is 5.86. The molecule has 1 atom stereocenters. The van der Waals surface area contributed by atoms with Crippen LogP contribution in [0.1, 0.15) is 18.7 Å². The third kappa shape index (κ3) is 4.68. The summed E-state index contributed by atoms with van der Waals surface area (Å²) in [5.74, 6) is -1.86. The average molecular weight is 577 g/mol. The lowest BCUT2D eigenvalue weighted by molar-refractivity contribution is -0.127. The molecule has 210 valence electrons. The van der Waals surface area contributed by atoms with Crippen LogP contribution in [0.15, 0.2) is 54.7 Å². The van der Waals surface area contributed by atoms with E-state index in [2.05, 4.69) is 11.7 Å². The van der Waals surface area contributed by atoms with Gasteiger partial charge in [-0.1, -0.05) is 6.58 Å². The van der Waals surface area contributed by atoms with Gasteiger partial charge in [0.25, 0.3) is 0 Å². The van der Waals surface area contributed by atoms with Gasteiger partial charge in [-0.05, 0) is 30.5 Å². The van der Waals surface area contributed by atoms with Crippen LogP contribution in [0.3, 0.4) is 0 Å². The van der Waals surface area contributed by atoms with Gasteiger partial charge in [-0.25, -0.2) is 13.8 Å². The topological polar surface area (TPSA) is 98.3 Å². The summed E-state index contributed by atoms with van der Waals surface area (Å²) >= 11 is 1.39. The van der Waals surface area contributed by atoms with Crippen molar-refractivity contribution in [2.45, 2.75) is 19.5 Å². The Morgan fingerprint density at radius 3 is 2.83 bits per heavy atom. The van der Waals surface area contributed by atoms with Gasteiger partial charge in [0.05, 0.1) is 42.3 Å². The highest BCUT2D eigenvalue weighted by Gasteiger charge is 2.30. The Hall–Kier alpha value is -4.42. The first-order chi connectivity index (χ1) is 19.8. The molecule has 1 unspecified atom stereocenters. The maximum atomic E-state index is 15.8. The SMILES string of the molecule is C=CC(=O)N1Cc2cc(-c3nc(-c4cnn(C)c4)c4ccsc4c3-c3c(F)cc(F)cc3OCCO)nn2C(C)C1. The van der Waals surface area contributed by atoms with Crippen LogP contribution < -0.4 is 4.74 Å². The van der Waals surface area contributed by atoms with Crippen molar-refractivity contribution >= 4 is 27.3 Å². The fourth-order valence-corrected chi connectivity index (χ4v) is 6.22. The van der Waals surface area contributed by atoms with E-state index in [4.69, 9.17) is 14.8 Å². The zero-order valence-corrected chi connectivity index (χ0v) is 23.2. The molecule has 1 aliphatic heterocycles. The predicted octanol–water partition coefficient (Wildman–Crippen LogP) is 4.97. The fourth-order valence-electron chi connectivity index (χ4n) is 5.27. The van der Waals surface area contributed by atoms with Crippen molar-refractivity contribution in [3.63, 3.8) is 0 Å². The molecule has 41 heavy (non-hydrogen) atoms. The van der Waals surface area contributed by atoms with Crippen LogP contribution in [0.5, 0.6) is 5.75 Å². The molecule has 12 heteroatoms. The minimum atomic E-state index is -0.829. The van der Waals surface area contributed by atoms with Crippen molar-refractivity contribution in [1.82, 2.24) is 29.4 Å². The lowest BCUT2D eigenvalue weighted by Gasteiger charge is -2.31. The van der Waals surface area contributed by atoms with Crippen molar-refractivity contribution in [3.8, 4) is 39.5 Å². The van der Waals surface area contributed by atoms with E-state index >= 15 is 4.39 Å². The predicted molar refractivity (Wildman–Crippen MR) is 151 cm³/mol. The highest BCUT2D eigenvalue weighted by Crippen LogP contribution is 2.47. The molecule has 0 spiro atoms. The van der Waals surface area contributed by atoms with Gasteiger partial charge in [0.2, 0.25) is 5.91 Å². The Bertz CT molecular complexity index is 1810. The zero-order valence-electron chi connectivity index (χ0n) is 22.3. The number of aliphatic hydroxyl groups excluding tert-OH is 1. The van der Waals surface area contributed by atoms with Crippen LogP contribution in [0.2, 0.25) is 0 Å². The first-order valence-corrected chi connectivity index (χ1v) is 13.8. The van der Waals surface area contributed by atoms with E-state index in [1.54, 1.807) is 15.8 Å². The largest absolute Gasteiger partial charge is 0.490 e. The number of aryl methyl sites for hydroxylation is 1. The number of fused-ring (bicyclic) bond motifs is 2. The van der Waals surface area contributed by atoms with Gasteiger partial charge >= 0.3 is 0 Å². The van der Waals surface area contributed by atoms with E-state index in [0.717, 1.165) is 28.8 Å². The molecule has 5 aromatic rings. The van der Waals surface area contributed by atoms with Gasteiger partial charge in [-0.3, -0.25) is 14.2 Å². The monoisotopic (exact) mass is 576 g/mol. The Balaban J connectivity index is 1.64. The molecule has 5 heterocycles. The standard InChI is InChI=1S/C29H26F2N6O3S/c1-4-24(39)36-13-16(2)37-19(15-36)11-22(34-37)28-26(25-21(31)9-18(30)10-23(25)40-7-6-38)29-20(5-8-41-29)27(33-28)17-12-32-35(3)14-17/h4-5,8-12,14,16,38H,1,6-7,13,15H2,2-3H3.